The minimum absolute atomic E-state index is 0.107. The van der Waals surface area contributed by atoms with E-state index in [0.29, 0.717) is 19.1 Å². The summed E-state index contributed by atoms with van der Waals surface area (Å²) in [5.41, 5.74) is 2.55. The Labute approximate surface area is 129 Å². The van der Waals surface area contributed by atoms with Gasteiger partial charge in [-0.3, -0.25) is 4.79 Å². The average molecular weight is 300 g/mol. The maximum atomic E-state index is 12.1. The Hall–Kier alpha value is -1.81. The number of nitrogens with zero attached hydrogens (tertiary/aromatic N) is 1. The number of benzene rings is 1. The Morgan fingerprint density at radius 1 is 1.33 bits per heavy atom. The fourth-order valence-corrected chi connectivity index (χ4v) is 3.57. The van der Waals surface area contributed by atoms with Crippen LogP contribution < -0.4 is 10.2 Å². The lowest BCUT2D eigenvalue weighted by Crippen LogP contribution is -2.40. The zero-order valence-electron chi connectivity index (χ0n) is 12.2. The molecule has 0 saturated heterocycles. The number of rotatable bonds is 5. The summed E-state index contributed by atoms with van der Waals surface area (Å²) >= 11 is 1.74. The number of thiophene rings is 1. The number of carbonyl (C=O) groups excluding carboxylic acids is 1. The molecule has 0 spiro atoms. The maximum Gasteiger partial charge on any atom is 0.239 e. The first-order valence-electron chi connectivity index (χ1n) is 7.37. The van der Waals surface area contributed by atoms with E-state index in [1.807, 2.05) is 12.1 Å². The first-order valence-corrected chi connectivity index (χ1v) is 8.25. The van der Waals surface area contributed by atoms with Crippen LogP contribution in [0, 0.1) is 0 Å². The first-order chi connectivity index (χ1) is 10.2. The van der Waals surface area contributed by atoms with Crippen LogP contribution in [0.1, 0.15) is 17.4 Å². The molecule has 2 heterocycles. The summed E-state index contributed by atoms with van der Waals surface area (Å²) in [7, 11) is 0. The van der Waals surface area contributed by atoms with Gasteiger partial charge in [0, 0.05) is 23.2 Å². The van der Waals surface area contributed by atoms with Gasteiger partial charge in [-0.25, -0.2) is 0 Å². The van der Waals surface area contributed by atoms with Crippen LogP contribution in [0.5, 0.6) is 0 Å². The molecule has 21 heavy (non-hydrogen) atoms. The van der Waals surface area contributed by atoms with Crippen molar-refractivity contribution in [2.75, 3.05) is 18.0 Å². The summed E-state index contributed by atoms with van der Waals surface area (Å²) < 4.78 is 0. The van der Waals surface area contributed by atoms with Crippen molar-refractivity contribution in [1.29, 1.82) is 0 Å². The Bertz CT molecular complexity index is 609. The second kappa shape index (κ2) is 6.31. The molecule has 1 aliphatic rings. The van der Waals surface area contributed by atoms with Gasteiger partial charge >= 0.3 is 0 Å². The number of fused-ring (bicyclic) bond motifs is 1. The molecule has 4 heteroatoms. The van der Waals surface area contributed by atoms with Crippen molar-refractivity contribution in [3.05, 3.63) is 52.2 Å². The van der Waals surface area contributed by atoms with Crippen LogP contribution >= 0.6 is 11.3 Å². The molecule has 3 rings (SSSR count). The van der Waals surface area contributed by atoms with Crippen molar-refractivity contribution >= 4 is 22.9 Å². The highest BCUT2D eigenvalue weighted by atomic mass is 32.1. The van der Waals surface area contributed by atoms with Gasteiger partial charge in [0.1, 0.15) is 0 Å². The van der Waals surface area contributed by atoms with E-state index in [9.17, 15) is 4.79 Å². The molecule has 0 radical (unpaired) electrons. The van der Waals surface area contributed by atoms with Crippen molar-refractivity contribution in [2.45, 2.75) is 25.8 Å². The van der Waals surface area contributed by atoms with E-state index in [1.165, 1.54) is 16.1 Å². The third kappa shape index (κ3) is 3.27. The number of amides is 1. The van der Waals surface area contributed by atoms with E-state index in [4.69, 9.17) is 0 Å². The molecule has 0 bridgehead atoms. The third-order valence-electron chi connectivity index (χ3n) is 3.94. The lowest BCUT2D eigenvalue weighted by atomic mass is 10.1. The summed E-state index contributed by atoms with van der Waals surface area (Å²) in [5.74, 6) is 0.107. The lowest BCUT2D eigenvalue weighted by Gasteiger charge is -2.24. The minimum atomic E-state index is 0.107. The van der Waals surface area contributed by atoms with Crippen LogP contribution in [0.25, 0.3) is 0 Å². The summed E-state index contributed by atoms with van der Waals surface area (Å²) in [6.07, 6.45) is 1.94. The van der Waals surface area contributed by atoms with Crippen molar-refractivity contribution < 1.29 is 4.79 Å². The van der Waals surface area contributed by atoms with Gasteiger partial charge in [0.05, 0.1) is 6.54 Å². The molecule has 0 unspecified atom stereocenters. The van der Waals surface area contributed by atoms with Gasteiger partial charge in [-0.15, -0.1) is 11.3 Å². The van der Waals surface area contributed by atoms with Crippen molar-refractivity contribution in [2.24, 2.45) is 0 Å². The van der Waals surface area contributed by atoms with Gasteiger partial charge in [-0.05, 0) is 42.8 Å². The fourth-order valence-electron chi connectivity index (χ4n) is 2.86. The molecule has 1 aliphatic heterocycles. The maximum absolute atomic E-state index is 12.1. The molecule has 2 aromatic rings. The van der Waals surface area contributed by atoms with Gasteiger partial charge < -0.3 is 10.2 Å². The standard InChI is InChI=1S/C17H20N2OS/c1-13-11-14-5-2-3-7-16(14)19(13)12-17(20)18-9-8-15-6-4-10-21-15/h2-7,10,13H,8-9,11-12H2,1H3,(H,18,20)/t13-/m0/s1. The molecule has 0 fully saturated rings. The van der Waals surface area contributed by atoms with Crippen LogP contribution in [0.2, 0.25) is 0 Å². The van der Waals surface area contributed by atoms with E-state index in [0.717, 1.165) is 12.8 Å². The van der Waals surface area contributed by atoms with Crippen molar-refractivity contribution in [3.63, 3.8) is 0 Å². The zero-order valence-corrected chi connectivity index (χ0v) is 13.0. The molecular formula is C17H20N2OS. The second-order valence-electron chi connectivity index (χ2n) is 5.49. The normalized spacial score (nSPS) is 16.8. The number of carbonyl (C=O) groups is 1. The monoisotopic (exact) mass is 300 g/mol. The molecule has 1 atom stereocenters. The Morgan fingerprint density at radius 3 is 3.00 bits per heavy atom. The second-order valence-corrected chi connectivity index (χ2v) is 6.52. The van der Waals surface area contributed by atoms with Gasteiger partial charge in [-0.1, -0.05) is 24.3 Å². The average Bonchev–Trinajstić information content (AvgIpc) is 3.08. The molecule has 1 aromatic heterocycles. The number of hydrogen-bond acceptors (Lipinski definition) is 3. The summed E-state index contributed by atoms with van der Waals surface area (Å²) in [6, 6.07) is 12.9. The molecule has 1 N–H and O–H groups in total. The van der Waals surface area contributed by atoms with Crippen molar-refractivity contribution in [1.82, 2.24) is 5.32 Å². The topological polar surface area (TPSA) is 32.3 Å². The van der Waals surface area contributed by atoms with E-state index < -0.39 is 0 Å². The highest BCUT2D eigenvalue weighted by Crippen LogP contribution is 2.31. The Kier molecular flexibility index (Phi) is 4.25. The predicted octanol–water partition coefficient (Wildman–Crippen LogP) is 2.86. The largest absolute Gasteiger partial charge is 0.359 e. The van der Waals surface area contributed by atoms with Crippen LogP contribution in [-0.4, -0.2) is 25.0 Å². The molecular weight excluding hydrogens is 280 g/mol. The number of hydrogen-bond donors (Lipinski definition) is 1. The van der Waals surface area contributed by atoms with Crippen LogP contribution in [-0.2, 0) is 17.6 Å². The van der Waals surface area contributed by atoms with E-state index >= 15 is 0 Å². The van der Waals surface area contributed by atoms with Crippen molar-refractivity contribution in [3.8, 4) is 0 Å². The van der Waals surface area contributed by atoms with Gasteiger partial charge in [0.2, 0.25) is 5.91 Å². The van der Waals surface area contributed by atoms with Crippen LogP contribution in [0.4, 0.5) is 5.69 Å². The van der Waals surface area contributed by atoms with E-state index in [2.05, 4.69) is 46.8 Å². The lowest BCUT2D eigenvalue weighted by molar-refractivity contribution is -0.119. The Morgan fingerprint density at radius 2 is 2.19 bits per heavy atom. The summed E-state index contributed by atoms with van der Waals surface area (Å²) in [4.78, 5) is 15.7. The summed E-state index contributed by atoms with van der Waals surface area (Å²) in [5, 5.41) is 5.09. The van der Waals surface area contributed by atoms with Gasteiger partial charge in [0.15, 0.2) is 0 Å². The highest BCUT2D eigenvalue weighted by Gasteiger charge is 2.26. The fraction of sp³-hybridized carbons (Fsp3) is 0.353. The number of nitrogens with one attached hydrogen (secondary N) is 1. The molecule has 1 aromatic carbocycles. The van der Waals surface area contributed by atoms with Crippen LogP contribution in [0.3, 0.4) is 0 Å². The molecule has 110 valence electrons. The molecule has 0 saturated carbocycles. The molecule has 3 nitrogen and oxygen atoms in total. The number of para-hydroxylation sites is 1. The summed E-state index contributed by atoms with van der Waals surface area (Å²) in [6.45, 7) is 3.34. The number of anilines is 1. The molecule has 1 amide bonds. The third-order valence-corrected chi connectivity index (χ3v) is 4.87. The minimum Gasteiger partial charge on any atom is -0.359 e. The Balaban J connectivity index is 1.53. The highest BCUT2D eigenvalue weighted by molar-refractivity contribution is 7.09. The predicted molar refractivity (Wildman–Crippen MR) is 88.0 cm³/mol. The van der Waals surface area contributed by atoms with Gasteiger partial charge in [0.25, 0.3) is 0 Å². The van der Waals surface area contributed by atoms with Gasteiger partial charge in [-0.2, -0.15) is 0 Å². The SMILES string of the molecule is C[C@H]1Cc2ccccc2N1CC(=O)NCCc1cccs1. The first kappa shape index (κ1) is 14.1. The quantitative estimate of drug-likeness (QED) is 0.921. The smallest absolute Gasteiger partial charge is 0.239 e. The van der Waals surface area contributed by atoms with Crippen LogP contribution in [0.15, 0.2) is 41.8 Å². The van der Waals surface area contributed by atoms with E-state index in [-0.39, 0.29) is 5.91 Å². The zero-order chi connectivity index (χ0) is 14.7. The molecule has 0 aliphatic carbocycles. The van der Waals surface area contributed by atoms with E-state index in [1.54, 1.807) is 11.3 Å².